The summed E-state index contributed by atoms with van der Waals surface area (Å²) in [5, 5.41) is 3.51. The molecule has 1 aromatic heterocycles. The van der Waals surface area contributed by atoms with Crippen molar-refractivity contribution >= 4 is 17.2 Å². The highest BCUT2D eigenvalue weighted by molar-refractivity contribution is 7.11. The van der Waals surface area contributed by atoms with Crippen LogP contribution in [0.2, 0.25) is 0 Å². The second kappa shape index (κ2) is 4.34. The lowest BCUT2D eigenvalue weighted by Crippen LogP contribution is -2.23. The maximum absolute atomic E-state index is 11.4. The molecule has 0 saturated heterocycles. The lowest BCUT2D eigenvalue weighted by atomic mass is 10.3. The molecule has 1 aromatic rings. The van der Waals surface area contributed by atoms with Gasteiger partial charge in [0.2, 0.25) is 0 Å². The quantitative estimate of drug-likeness (QED) is 0.751. The van der Waals surface area contributed by atoms with Gasteiger partial charge in [0, 0.05) is 18.0 Å². The van der Waals surface area contributed by atoms with Crippen molar-refractivity contribution in [3.63, 3.8) is 0 Å². The Hall–Kier alpha value is -0.940. The monoisotopic (exact) mass is 199 g/mol. The van der Waals surface area contributed by atoms with Gasteiger partial charge < -0.3 is 11.1 Å². The van der Waals surface area contributed by atoms with E-state index in [1.54, 1.807) is 0 Å². The summed E-state index contributed by atoms with van der Waals surface area (Å²) in [6.07, 6.45) is 0. The minimum absolute atomic E-state index is 0.115. The van der Waals surface area contributed by atoms with Crippen molar-refractivity contribution in [2.45, 2.75) is 20.4 Å². The Morgan fingerprint density at radius 2 is 2.38 bits per heavy atom. The minimum atomic E-state index is -0.115. The zero-order chi connectivity index (χ0) is 9.84. The minimum Gasteiger partial charge on any atom is -0.351 e. The molecular weight excluding hydrogens is 186 g/mol. The lowest BCUT2D eigenvalue weighted by Gasteiger charge is -1.97. The summed E-state index contributed by atoms with van der Waals surface area (Å²) in [6.45, 7) is 4.77. The predicted octanol–water partition coefficient (Wildman–Crippen LogP) is 0.660. The van der Waals surface area contributed by atoms with Gasteiger partial charge in [0.25, 0.3) is 5.91 Å². The molecule has 0 aromatic carbocycles. The normalized spacial score (nSPS) is 10.1. The van der Waals surface area contributed by atoms with E-state index in [1.807, 2.05) is 13.8 Å². The summed E-state index contributed by atoms with van der Waals surface area (Å²) in [6, 6.07) is 0. The highest BCUT2D eigenvalue weighted by Crippen LogP contribution is 2.16. The average molecular weight is 199 g/mol. The first-order chi connectivity index (χ1) is 6.19. The fraction of sp³-hybridized carbons (Fsp3) is 0.500. The van der Waals surface area contributed by atoms with Crippen LogP contribution >= 0.6 is 11.3 Å². The van der Waals surface area contributed by atoms with Crippen LogP contribution in [0.1, 0.15) is 27.3 Å². The largest absolute Gasteiger partial charge is 0.351 e. The van der Waals surface area contributed by atoms with Gasteiger partial charge in [-0.2, -0.15) is 0 Å². The van der Waals surface area contributed by atoms with E-state index in [0.29, 0.717) is 18.8 Å². The van der Waals surface area contributed by atoms with Gasteiger partial charge in [-0.05, 0) is 13.8 Å². The Kier molecular flexibility index (Phi) is 3.39. The number of rotatable bonds is 3. The number of aryl methyl sites for hydroxylation is 1. The highest BCUT2D eigenvalue weighted by Gasteiger charge is 2.13. The molecule has 0 atom stereocenters. The zero-order valence-electron chi connectivity index (χ0n) is 7.76. The van der Waals surface area contributed by atoms with Gasteiger partial charge in [-0.15, -0.1) is 11.3 Å². The van der Waals surface area contributed by atoms with E-state index in [9.17, 15) is 4.79 Å². The molecule has 72 valence electrons. The van der Waals surface area contributed by atoms with E-state index in [1.165, 1.54) is 11.3 Å². The fourth-order valence-corrected chi connectivity index (χ4v) is 1.80. The van der Waals surface area contributed by atoms with Gasteiger partial charge in [-0.3, -0.25) is 4.79 Å². The smallest absolute Gasteiger partial charge is 0.271 e. The van der Waals surface area contributed by atoms with Gasteiger partial charge >= 0.3 is 0 Å². The van der Waals surface area contributed by atoms with Crippen molar-refractivity contribution in [3.8, 4) is 0 Å². The summed E-state index contributed by atoms with van der Waals surface area (Å²) in [4.78, 5) is 16.4. The van der Waals surface area contributed by atoms with Crippen molar-refractivity contribution in [1.29, 1.82) is 0 Å². The highest BCUT2D eigenvalue weighted by atomic mass is 32.1. The van der Waals surface area contributed by atoms with E-state index in [2.05, 4.69) is 10.3 Å². The maximum atomic E-state index is 11.4. The Balaban J connectivity index is 2.87. The summed E-state index contributed by atoms with van der Waals surface area (Å²) < 4.78 is 0. The molecule has 0 saturated carbocycles. The first kappa shape index (κ1) is 10.1. The number of thiazole rings is 1. The average Bonchev–Trinajstić information content (AvgIpc) is 2.47. The molecule has 5 heteroatoms. The lowest BCUT2D eigenvalue weighted by molar-refractivity contribution is 0.0951. The Bertz CT molecular complexity index is 308. The number of carbonyl (C=O) groups is 1. The maximum Gasteiger partial charge on any atom is 0.271 e. The van der Waals surface area contributed by atoms with Crippen LogP contribution in [0.5, 0.6) is 0 Å². The van der Waals surface area contributed by atoms with E-state index in [-0.39, 0.29) is 5.91 Å². The number of nitrogens with two attached hydrogens (primary N) is 1. The molecule has 0 unspecified atom stereocenters. The third-order valence-corrected chi connectivity index (χ3v) is 2.56. The fourth-order valence-electron chi connectivity index (χ4n) is 0.994. The van der Waals surface area contributed by atoms with Crippen molar-refractivity contribution in [1.82, 2.24) is 10.3 Å². The molecule has 0 radical (unpaired) electrons. The van der Waals surface area contributed by atoms with Crippen LogP contribution in [0.3, 0.4) is 0 Å². The van der Waals surface area contributed by atoms with Crippen LogP contribution in [-0.2, 0) is 6.54 Å². The van der Waals surface area contributed by atoms with Crippen LogP contribution in [0.4, 0.5) is 0 Å². The topological polar surface area (TPSA) is 68.0 Å². The number of aromatic nitrogens is 1. The van der Waals surface area contributed by atoms with Gasteiger partial charge in [-0.25, -0.2) is 4.98 Å². The van der Waals surface area contributed by atoms with E-state index >= 15 is 0 Å². The number of nitrogens with zero attached hydrogens (tertiary/aromatic N) is 1. The first-order valence-corrected chi connectivity index (χ1v) is 4.95. The van der Waals surface area contributed by atoms with Crippen molar-refractivity contribution < 1.29 is 4.79 Å². The predicted molar refractivity (Wildman–Crippen MR) is 52.7 cm³/mol. The van der Waals surface area contributed by atoms with Gasteiger partial charge in [-0.1, -0.05) is 0 Å². The van der Waals surface area contributed by atoms with Gasteiger partial charge in [0.1, 0.15) is 10.7 Å². The van der Waals surface area contributed by atoms with Crippen LogP contribution in [-0.4, -0.2) is 17.4 Å². The van der Waals surface area contributed by atoms with Gasteiger partial charge in [0.15, 0.2) is 0 Å². The van der Waals surface area contributed by atoms with Crippen molar-refractivity contribution in [2.75, 3.05) is 6.54 Å². The molecule has 1 heterocycles. The molecule has 0 bridgehead atoms. The molecule has 0 aliphatic rings. The summed E-state index contributed by atoms with van der Waals surface area (Å²) in [7, 11) is 0. The second-order valence-corrected chi connectivity index (χ2v) is 3.86. The van der Waals surface area contributed by atoms with E-state index in [0.717, 1.165) is 9.88 Å². The van der Waals surface area contributed by atoms with E-state index < -0.39 is 0 Å². The van der Waals surface area contributed by atoms with E-state index in [4.69, 9.17) is 5.73 Å². The first-order valence-electron chi connectivity index (χ1n) is 4.13. The third-order valence-electron chi connectivity index (χ3n) is 1.57. The molecule has 1 rings (SSSR count). The number of nitrogens with one attached hydrogen (secondary N) is 1. The zero-order valence-corrected chi connectivity index (χ0v) is 8.57. The summed E-state index contributed by atoms with van der Waals surface area (Å²) in [5.41, 5.74) is 5.93. The number of hydrogen-bond acceptors (Lipinski definition) is 4. The SMILES string of the molecule is CCNC(=O)c1nc(CN)sc1C. The molecule has 0 spiro atoms. The molecule has 0 aliphatic carbocycles. The molecule has 4 nitrogen and oxygen atoms in total. The molecule has 0 aliphatic heterocycles. The van der Waals surface area contributed by atoms with Gasteiger partial charge in [0.05, 0.1) is 0 Å². The number of amides is 1. The standard InChI is InChI=1S/C8H13N3OS/c1-3-10-8(12)7-5(2)13-6(4-9)11-7/h3-4,9H2,1-2H3,(H,10,12). The molecular formula is C8H13N3OS. The number of hydrogen-bond donors (Lipinski definition) is 2. The third kappa shape index (κ3) is 2.26. The van der Waals surface area contributed by atoms with Crippen LogP contribution < -0.4 is 11.1 Å². The van der Waals surface area contributed by atoms with Crippen LogP contribution in [0, 0.1) is 6.92 Å². The molecule has 3 N–H and O–H groups in total. The molecule has 0 fully saturated rings. The Labute approximate surface area is 81.2 Å². The van der Waals surface area contributed by atoms with Crippen molar-refractivity contribution in [2.24, 2.45) is 5.73 Å². The summed E-state index contributed by atoms with van der Waals surface area (Å²) >= 11 is 1.47. The van der Waals surface area contributed by atoms with Crippen LogP contribution in [0.25, 0.3) is 0 Å². The molecule has 1 amide bonds. The number of carbonyl (C=O) groups excluding carboxylic acids is 1. The Morgan fingerprint density at radius 1 is 1.69 bits per heavy atom. The summed E-state index contributed by atoms with van der Waals surface area (Å²) in [5.74, 6) is -0.115. The molecule has 13 heavy (non-hydrogen) atoms. The van der Waals surface area contributed by atoms with Crippen molar-refractivity contribution in [3.05, 3.63) is 15.6 Å². The Morgan fingerprint density at radius 3 is 2.85 bits per heavy atom. The second-order valence-electron chi connectivity index (χ2n) is 2.58. The van der Waals surface area contributed by atoms with Crippen LogP contribution in [0.15, 0.2) is 0 Å².